The molecule has 3 aromatic carbocycles. The van der Waals surface area contributed by atoms with Gasteiger partial charge in [-0.25, -0.2) is 0 Å². The molecule has 0 saturated heterocycles. The van der Waals surface area contributed by atoms with Crippen molar-refractivity contribution in [3.63, 3.8) is 0 Å². The highest BCUT2D eigenvalue weighted by Crippen LogP contribution is 2.46. The quantitative estimate of drug-likeness (QED) is 0.425. The molecule has 0 amide bonds. The molecule has 0 aliphatic rings. The number of thioether (sulfide) groups is 2. The van der Waals surface area contributed by atoms with Gasteiger partial charge in [0, 0.05) is 0 Å². The van der Waals surface area contributed by atoms with Crippen molar-refractivity contribution in [3.05, 3.63) is 113 Å². The number of rotatable bonds is 7. The number of hydrogen-bond acceptors (Lipinski definition) is 2. The molecule has 2 unspecified atom stereocenters. The van der Waals surface area contributed by atoms with Crippen molar-refractivity contribution >= 4 is 29.6 Å². The highest BCUT2D eigenvalue weighted by Gasteiger charge is 2.24. The predicted molar refractivity (Wildman–Crippen MR) is 120 cm³/mol. The van der Waals surface area contributed by atoms with E-state index in [4.69, 9.17) is 0 Å². The Bertz CT molecular complexity index is 761. The second kappa shape index (κ2) is 9.70. The lowest BCUT2D eigenvalue weighted by Crippen LogP contribution is -2.06. The van der Waals surface area contributed by atoms with E-state index in [1.54, 1.807) is 0 Å². The lowest BCUT2D eigenvalue weighted by Gasteiger charge is -2.26. The van der Waals surface area contributed by atoms with Crippen LogP contribution in [0.25, 0.3) is 6.08 Å². The van der Waals surface area contributed by atoms with Crippen LogP contribution in [0.5, 0.6) is 0 Å². The molecule has 0 bridgehead atoms. The van der Waals surface area contributed by atoms with Crippen LogP contribution in [0, 0.1) is 0 Å². The van der Waals surface area contributed by atoms with Gasteiger partial charge in [-0.15, -0.1) is 0 Å². The first-order valence-electron chi connectivity index (χ1n) is 8.75. The summed E-state index contributed by atoms with van der Waals surface area (Å²) in [5.74, 6) is 0. The Morgan fingerprint density at radius 2 is 1.00 bits per heavy atom. The monoisotopic (exact) mass is 376 g/mol. The summed E-state index contributed by atoms with van der Waals surface area (Å²) in [5, 5.41) is 0.656. The molecule has 3 rings (SSSR count). The lowest BCUT2D eigenvalue weighted by molar-refractivity contribution is 1.01. The van der Waals surface area contributed by atoms with E-state index in [2.05, 4.69) is 110 Å². The molecular weight excluding hydrogens is 352 g/mol. The number of benzene rings is 3. The van der Waals surface area contributed by atoms with Crippen molar-refractivity contribution in [3.8, 4) is 0 Å². The van der Waals surface area contributed by atoms with Gasteiger partial charge in [-0.2, -0.15) is 23.5 Å². The first-order valence-corrected chi connectivity index (χ1v) is 11.3. The fourth-order valence-electron chi connectivity index (χ4n) is 3.22. The first-order chi connectivity index (χ1) is 12.8. The van der Waals surface area contributed by atoms with Crippen LogP contribution in [0.15, 0.2) is 96.6 Å². The molecule has 26 heavy (non-hydrogen) atoms. The molecule has 0 fully saturated rings. The van der Waals surface area contributed by atoms with E-state index in [9.17, 15) is 0 Å². The van der Waals surface area contributed by atoms with E-state index in [1.807, 2.05) is 23.5 Å². The van der Waals surface area contributed by atoms with Crippen LogP contribution in [0.2, 0.25) is 0 Å². The van der Waals surface area contributed by atoms with Crippen LogP contribution in [-0.4, -0.2) is 12.5 Å². The van der Waals surface area contributed by atoms with Gasteiger partial charge in [-0.3, -0.25) is 0 Å². The van der Waals surface area contributed by atoms with E-state index in [-0.39, 0.29) is 0 Å². The smallest absolute Gasteiger partial charge is 0.0521 e. The van der Waals surface area contributed by atoms with Crippen LogP contribution in [0.4, 0.5) is 0 Å². The summed E-state index contributed by atoms with van der Waals surface area (Å²) in [6.45, 7) is 0. The molecule has 0 nitrogen and oxygen atoms in total. The molecule has 0 saturated carbocycles. The van der Waals surface area contributed by atoms with Crippen LogP contribution < -0.4 is 0 Å². The maximum absolute atomic E-state index is 2.38. The molecule has 0 spiro atoms. The van der Waals surface area contributed by atoms with Gasteiger partial charge in [0.2, 0.25) is 0 Å². The summed E-state index contributed by atoms with van der Waals surface area (Å²) in [5.41, 5.74) is 5.41. The second-order valence-corrected chi connectivity index (χ2v) is 7.99. The van der Waals surface area contributed by atoms with Gasteiger partial charge < -0.3 is 0 Å². The molecule has 3 aromatic rings. The number of hydrogen-bond donors (Lipinski definition) is 0. The van der Waals surface area contributed by atoms with Crippen molar-refractivity contribution in [2.45, 2.75) is 10.5 Å². The summed E-state index contributed by atoms with van der Waals surface area (Å²) >= 11 is 3.81. The summed E-state index contributed by atoms with van der Waals surface area (Å²) in [6, 6.07) is 32.3. The maximum atomic E-state index is 2.38. The molecule has 0 aliphatic carbocycles. The Morgan fingerprint density at radius 1 is 0.615 bits per heavy atom. The average molecular weight is 377 g/mol. The molecule has 0 aromatic heterocycles. The highest BCUT2D eigenvalue weighted by atomic mass is 32.2. The third kappa shape index (κ3) is 4.63. The van der Waals surface area contributed by atoms with Crippen LogP contribution in [-0.2, 0) is 0 Å². The van der Waals surface area contributed by atoms with Gasteiger partial charge in [-0.05, 0) is 34.8 Å². The van der Waals surface area contributed by atoms with E-state index < -0.39 is 0 Å². The molecular formula is C24H24S2. The molecule has 0 heterocycles. The normalized spacial score (nSPS) is 13.0. The van der Waals surface area contributed by atoms with Gasteiger partial charge in [0.25, 0.3) is 0 Å². The molecule has 2 heteroatoms. The summed E-state index contributed by atoms with van der Waals surface area (Å²) < 4.78 is 0. The minimum atomic E-state index is 0.328. The molecule has 2 atom stereocenters. The summed E-state index contributed by atoms with van der Waals surface area (Å²) in [7, 11) is 0. The van der Waals surface area contributed by atoms with Crippen LogP contribution in [0.1, 0.15) is 27.2 Å². The topological polar surface area (TPSA) is 0 Å². The Labute approximate surface area is 165 Å². The maximum Gasteiger partial charge on any atom is 0.0521 e. The fraction of sp³-hybridized carbons (Fsp3) is 0.167. The van der Waals surface area contributed by atoms with Crippen molar-refractivity contribution < 1.29 is 0 Å². The zero-order chi connectivity index (χ0) is 18.2. The third-order valence-corrected chi connectivity index (χ3v) is 6.45. The zero-order valence-electron chi connectivity index (χ0n) is 15.2. The van der Waals surface area contributed by atoms with E-state index >= 15 is 0 Å². The van der Waals surface area contributed by atoms with Crippen LogP contribution in [0.3, 0.4) is 0 Å². The van der Waals surface area contributed by atoms with Gasteiger partial charge in [0.1, 0.15) is 0 Å². The standard InChI is InChI=1S/C24H24S2/c1-25-23(20-14-8-4-9-15-20)22(18-19-12-6-3-7-13-19)24(26-2)21-16-10-5-11-17-21/h3-18,23-24H,1-2H3. The fourth-order valence-corrected chi connectivity index (χ4v) is 5.11. The van der Waals surface area contributed by atoms with E-state index in [0.29, 0.717) is 10.5 Å². The first kappa shape index (κ1) is 18.9. The summed E-state index contributed by atoms with van der Waals surface area (Å²) in [6.07, 6.45) is 6.79. The molecule has 132 valence electrons. The molecule has 0 radical (unpaired) electrons. The Hall–Kier alpha value is -1.90. The highest BCUT2D eigenvalue weighted by molar-refractivity contribution is 8.00. The van der Waals surface area contributed by atoms with E-state index in [1.165, 1.54) is 22.3 Å². The third-order valence-electron chi connectivity index (χ3n) is 4.41. The Morgan fingerprint density at radius 3 is 1.38 bits per heavy atom. The van der Waals surface area contributed by atoms with Gasteiger partial charge in [0.15, 0.2) is 0 Å². The average Bonchev–Trinajstić information content (AvgIpc) is 2.71. The largest absolute Gasteiger partial charge is 0.153 e. The van der Waals surface area contributed by atoms with Crippen molar-refractivity contribution in [1.82, 2.24) is 0 Å². The second-order valence-electron chi connectivity index (χ2n) is 6.11. The molecule has 0 aliphatic heterocycles. The Balaban J connectivity index is 2.11. The van der Waals surface area contributed by atoms with Crippen molar-refractivity contribution in [2.24, 2.45) is 0 Å². The van der Waals surface area contributed by atoms with Crippen LogP contribution >= 0.6 is 23.5 Å². The van der Waals surface area contributed by atoms with Crippen molar-refractivity contribution in [2.75, 3.05) is 12.5 Å². The summed E-state index contributed by atoms with van der Waals surface area (Å²) in [4.78, 5) is 0. The minimum absolute atomic E-state index is 0.328. The SMILES string of the molecule is CSC(C(=Cc1ccccc1)C(SC)c1ccccc1)c1ccccc1. The predicted octanol–water partition coefficient (Wildman–Crippen LogP) is 7.28. The van der Waals surface area contributed by atoms with Gasteiger partial charge >= 0.3 is 0 Å². The zero-order valence-corrected chi connectivity index (χ0v) is 16.8. The van der Waals surface area contributed by atoms with Crippen molar-refractivity contribution in [1.29, 1.82) is 0 Å². The minimum Gasteiger partial charge on any atom is -0.153 e. The lowest BCUT2D eigenvalue weighted by atomic mass is 9.95. The molecule has 0 N–H and O–H groups in total. The Kier molecular flexibility index (Phi) is 7.04. The van der Waals surface area contributed by atoms with Gasteiger partial charge in [0.05, 0.1) is 10.5 Å². The van der Waals surface area contributed by atoms with Gasteiger partial charge in [-0.1, -0.05) is 97.1 Å². The van der Waals surface area contributed by atoms with E-state index in [0.717, 1.165) is 0 Å².